The first-order chi connectivity index (χ1) is 11.3. The van der Waals surface area contributed by atoms with Crippen LogP contribution in [-0.2, 0) is 10.0 Å². The maximum absolute atomic E-state index is 12.5. The summed E-state index contributed by atoms with van der Waals surface area (Å²) in [6, 6.07) is 4.08. The van der Waals surface area contributed by atoms with Crippen LogP contribution in [0.3, 0.4) is 0 Å². The second kappa shape index (κ2) is 6.15. The van der Waals surface area contributed by atoms with Crippen LogP contribution in [0.25, 0.3) is 10.9 Å². The maximum atomic E-state index is 12.5. The number of hydrogen-bond acceptors (Lipinski definition) is 5. The quantitative estimate of drug-likeness (QED) is 0.611. The summed E-state index contributed by atoms with van der Waals surface area (Å²) in [6.45, 7) is 4.15. The Bertz CT molecular complexity index is 971. The predicted octanol–water partition coefficient (Wildman–Crippen LogP) is -0.116. The van der Waals surface area contributed by atoms with E-state index in [1.165, 1.54) is 18.2 Å². The van der Waals surface area contributed by atoms with Crippen molar-refractivity contribution in [2.45, 2.75) is 24.7 Å². The highest BCUT2D eigenvalue weighted by molar-refractivity contribution is 7.89. The third-order valence-electron chi connectivity index (χ3n) is 4.52. The molecule has 0 saturated carbocycles. The van der Waals surface area contributed by atoms with E-state index in [0.29, 0.717) is 12.1 Å². The Morgan fingerprint density at radius 2 is 1.88 bits per heavy atom. The van der Waals surface area contributed by atoms with Crippen molar-refractivity contribution >= 4 is 20.9 Å². The van der Waals surface area contributed by atoms with Crippen molar-refractivity contribution in [3.8, 4) is 0 Å². The number of rotatable bonds is 4. The van der Waals surface area contributed by atoms with Gasteiger partial charge in [-0.3, -0.25) is 9.78 Å². The summed E-state index contributed by atoms with van der Waals surface area (Å²) in [6.07, 6.45) is 1.79. The lowest BCUT2D eigenvalue weighted by atomic mass is 9.81. The molecule has 3 rings (SSSR count). The first kappa shape index (κ1) is 16.9. The van der Waals surface area contributed by atoms with E-state index in [2.05, 4.69) is 26.9 Å². The van der Waals surface area contributed by atoms with Crippen LogP contribution < -0.4 is 21.3 Å². The Kier molecular flexibility index (Phi) is 4.33. The topological polar surface area (TPSA) is 124 Å². The van der Waals surface area contributed by atoms with Gasteiger partial charge in [-0.25, -0.2) is 17.9 Å². The van der Waals surface area contributed by atoms with E-state index < -0.39 is 21.3 Å². The van der Waals surface area contributed by atoms with Crippen LogP contribution in [0.15, 0.2) is 32.7 Å². The number of nitrogens with one attached hydrogen (secondary N) is 4. The number of aromatic nitrogens is 2. The first-order valence-electron chi connectivity index (χ1n) is 7.76. The summed E-state index contributed by atoms with van der Waals surface area (Å²) < 4.78 is 27.7. The molecule has 1 aromatic heterocycles. The highest BCUT2D eigenvalue weighted by atomic mass is 32.2. The molecule has 1 aliphatic heterocycles. The van der Waals surface area contributed by atoms with Crippen LogP contribution in [0.1, 0.15) is 19.8 Å². The van der Waals surface area contributed by atoms with Gasteiger partial charge in [0.2, 0.25) is 10.0 Å². The maximum Gasteiger partial charge on any atom is 0.326 e. The van der Waals surface area contributed by atoms with E-state index in [1.807, 2.05) is 0 Å². The Hall–Kier alpha value is -1.97. The third-order valence-corrected chi connectivity index (χ3v) is 5.92. The van der Waals surface area contributed by atoms with Gasteiger partial charge in [0.05, 0.1) is 15.8 Å². The smallest absolute Gasteiger partial charge is 0.317 e. The zero-order valence-electron chi connectivity index (χ0n) is 13.3. The van der Waals surface area contributed by atoms with Gasteiger partial charge in [0.15, 0.2) is 0 Å². The van der Waals surface area contributed by atoms with E-state index in [-0.39, 0.29) is 15.7 Å². The molecule has 1 aromatic carbocycles. The van der Waals surface area contributed by atoms with Crippen molar-refractivity contribution in [2.24, 2.45) is 5.41 Å². The van der Waals surface area contributed by atoms with Crippen molar-refractivity contribution < 1.29 is 8.42 Å². The lowest BCUT2D eigenvalue weighted by molar-refractivity contribution is 0.232. The summed E-state index contributed by atoms with van der Waals surface area (Å²) in [4.78, 5) is 27.7. The Morgan fingerprint density at radius 1 is 1.17 bits per heavy atom. The average molecular weight is 352 g/mol. The Labute approximate surface area is 138 Å². The summed E-state index contributed by atoms with van der Waals surface area (Å²) in [5.74, 6) is 0. The fourth-order valence-corrected chi connectivity index (χ4v) is 4.10. The van der Waals surface area contributed by atoms with Gasteiger partial charge in [-0.05, 0) is 49.5 Å². The van der Waals surface area contributed by atoms with Crippen LogP contribution in [0.4, 0.5) is 0 Å². The van der Waals surface area contributed by atoms with Gasteiger partial charge >= 0.3 is 5.69 Å². The zero-order chi connectivity index (χ0) is 17.4. The zero-order valence-corrected chi connectivity index (χ0v) is 14.1. The minimum Gasteiger partial charge on any atom is -0.317 e. The molecule has 4 N–H and O–H groups in total. The van der Waals surface area contributed by atoms with Gasteiger partial charge in [0, 0.05) is 6.54 Å². The molecular formula is C15H20N4O4S. The molecule has 0 unspecified atom stereocenters. The van der Waals surface area contributed by atoms with E-state index in [9.17, 15) is 18.0 Å². The van der Waals surface area contributed by atoms with Gasteiger partial charge in [-0.2, -0.15) is 0 Å². The number of sulfonamides is 1. The molecule has 0 spiro atoms. The molecule has 1 fully saturated rings. The first-order valence-corrected chi connectivity index (χ1v) is 9.24. The van der Waals surface area contributed by atoms with E-state index in [1.54, 1.807) is 0 Å². The molecule has 8 nitrogen and oxygen atoms in total. The standard InChI is InChI=1S/C15H20N4O4S/c1-15(4-6-16-7-5-15)9-17-24(22,23)10-2-3-12-11(8-10)13(20)19-14(21)18-12/h2-3,8,16-17H,4-7,9H2,1H3,(H2,18,19,20,21). The van der Waals surface area contributed by atoms with Crippen molar-refractivity contribution in [1.82, 2.24) is 20.0 Å². The SMILES string of the molecule is CC1(CNS(=O)(=O)c2ccc3[nH]c(=O)[nH]c(=O)c3c2)CCNCC1. The summed E-state index contributed by atoms with van der Waals surface area (Å²) in [5, 5.41) is 3.39. The Balaban J connectivity index is 1.88. The van der Waals surface area contributed by atoms with Gasteiger partial charge in [0.1, 0.15) is 0 Å². The highest BCUT2D eigenvalue weighted by Crippen LogP contribution is 2.27. The normalized spacial score (nSPS) is 17.9. The van der Waals surface area contributed by atoms with Crippen LogP contribution >= 0.6 is 0 Å². The lowest BCUT2D eigenvalue weighted by Gasteiger charge is -2.34. The monoisotopic (exact) mass is 352 g/mol. The van der Waals surface area contributed by atoms with E-state index >= 15 is 0 Å². The van der Waals surface area contributed by atoms with Crippen LogP contribution in [0.2, 0.25) is 0 Å². The number of aromatic amines is 2. The highest BCUT2D eigenvalue weighted by Gasteiger charge is 2.28. The molecule has 24 heavy (non-hydrogen) atoms. The average Bonchev–Trinajstić information content (AvgIpc) is 2.53. The molecule has 1 saturated heterocycles. The number of fused-ring (bicyclic) bond motifs is 1. The molecule has 0 radical (unpaired) electrons. The van der Waals surface area contributed by atoms with E-state index in [4.69, 9.17) is 0 Å². The minimum absolute atomic E-state index is 0.00471. The minimum atomic E-state index is -3.73. The second-order valence-electron chi connectivity index (χ2n) is 6.50. The fourth-order valence-electron chi connectivity index (χ4n) is 2.87. The van der Waals surface area contributed by atoms with Crippen LogP contribution in [0, 0.1) is 5.41 Å². The van der Waals surface area contributed by atoms with Crippen molar-refractivity contribution in [1.29, 1.82) is 0 Å². The summed E-state index contributed by atoms with van der Waals surface area (Å²) >= 11 is 0. The molecule has 2 heterocycles. The van der Waals surface area contributed by atoms with Crippen molar-refractivity contribution in [3.05, 3.63) is 39.0 Å². The van der Waals surface area contributed by atoms with Gasteiger partial charge < -0.3 is 10.3 Å². The largest absolute Gasteiger partial charge is 0.326 e. The second-order valence-corrected chi connectivity index (χ2v) is 8.27. The predicted molar refractivity (Wildman–Crippen MR) is 90.6 cm³/mol. The molecule has 0 aliphatic carbocycles. The van der Waals surface area contributed by atoms with Crippen LogP contribution in [0.5, 0.6) is 0 Å². The molecule has 0 amide bonds. The molecular weight excluding hydrogens is 332 g/mol. The molecule has 130 valence electrons. The lowest BCUT2D eigenvalue weighted by Crippen LogP contribution is -2.42. The summed E-state index contributed by atoms with van der Waals surface area (Å²) in [5.41, 5.74) is -1.03. The van der Waals surface area contributed by atoms with Crippen LogP contribution in [-0.4, -0.2) is 38.0 Å². The number of piperidine rings is 1. The van der Waals surface area contributed by atoms with E-state index in [0.717, 1.165) is 25.9 Å². The molecule has 0 atom stereocenters. The third kappa shape index (κ3) is 3.42. The van der Waals surface area contributed by atoms with Crippen molar-refractivity contribution in [3.63, 3.8) is 0 Å². The van der Waals surface area contributed by atoms with Gasteiger partial charge in [0.25, 0.3) is 5.56 Å². The number of H-pyrrole nitrogens is 2. The van der Waals surface area contributed by atoms with Gasteiger partial charge in [-0.1, -0.05) is 6.92 Å². The summed E-state index contributed by atoms with van der Waals surface area (Å²) in [7, 11) is -3.73. The molecule has 9 heteroatoms. The Morgan fingerprint density at radius 3 is 2.58 bits per heavy atom. The van der Waals surface area contributed by atoms with Gasteiger partial charge in [-0.15, -0.1) is 0 Å². The molecule has 1 aliphatic rings. The number of benzene rings is 1. The molecule has 2 aromatic rings. The number of hydrogen-bond donors (Lipinski definition) is 4. The fraction of sp³-hybridized carbons (Fsp3) is 0.467. The molecule has 0 bridgehead atoms. The van der Waals surface area contributed by atoms with Crippen molar-refractivity contribution in [2.75, 3.05) is 19.6 Å².